The van der Waals surface area contributed by atoms with E-state index in [-0.39, 0.29) is 17.7 Å². The predicted molar refractivity (Wildman–Crippen MR) is 129 cm³/mol. The van der Waals surface area contributed by atoms with Crippen LogP contribution in [0.15, 0.2) is 59.6 Å². The number of likely N-dealkylation sites (N-methyl/N-ethyl adjacent to an activating group) is 1. The molecule has 0 fully saturated rings. The summed E-state index contributed by atoms with van der Waals surface area (Å²) >= 11 is 1.63. The Morgan fingerprint density at radius 1 is 1.12 bits per heavy atom. The number of hydrogen-bond acceptors (Lipinski definition) is 4. The average molecular weight is 463 g/mol. The summed E-state index contributed by atoms with van der Waals surface area (Å²) in [7, 11) is 0. The molecule has 6 nitrogen and oxygen atoms in total. The van der Waals surface area contributed by atoms with Gasteiger partial charge in [-0.25, -0.2) is 9.07 Å². The van der Waals surface area contributed by atoms with E-state index < -0.39 is 6.67 Å². The number of nitrogens with zero attached hydrogens (tertiary/aromatic N) is 5. The largest absolute Gasteiger partial charge is 0.342 e. The quantitative estimate of drug-likeness (QED) is 0.391. The molecule has 3 heterocycles. The monoisotopic (exact) mass is 462 g/mol. The van der Waals surface area contributed by atoms with Gasteiger partial charge in [0.25, 0.3) is 0 Å². The number of fused-ring (bicyclic) bond motifs is 5. The second-order valence-corrected chi connectivity index (χ2v) is 9.18. The first-order chi connectivity index (χ1) is 16.2. The lowest BCUT2D eigenvalue weighted by molar-refractivity contribution is -0.130. The summed E-state index contributed by atoms with van der Waals surface area (Å²) in [6.45, 7) is 5.61. The third kappa shape index (κ3) is 3.72. The van der Waals surface area contributed by atoms with Crippen molar-refractivity contribution in [2.24, 2.45) is 0 Å². The van der Waals surface area contributed by atoms with Crippen LogP contribution in [-0.2, 0) is 17.9 Å². The number of rotatable bonds is 7. The van der Waals surface area contributed by atoms with E-state index in [0.717, 1.165) is 38.3 Å². The highest BCUT2D eigenvalue weighted by Gasteiger charge is 2.37. The minimum atomic E-state index is -0.482. The Kier molecular flexibility index (Phi) is 5.93. The zero-order valence-electron chi connectivity index (χ0n) is 18.7. The number of carbonyl (C=O) groups is 1. The van der Waals surface area contributed by atoms with Crippen LogP contribution in [0.25, 0.3) is 22.2 Å². The molecule has 5 rings (SSSR count). The SMILES string of the molecule is CCN(CC)C(=O)C1Sc2ccccc2-c2c1c1ccccc1n2Cc1cn(CC[18F])nn1. The predicted octanol–water partition coefficient (Wildman–Crippen LogP) is 4.93. The third-order valence-corrected chi connectivity index (χ3v) is 7.46. The van der Waals surface area contributed by atoms with E-state index in [4.69, 9.17) is 0 Å². The molecule has 170 valence electrons. The Balaban J connectivity index is 1.72. The average Bonchev–Trinajstić information content (AvgIpc) is 3.42. The van der Waals surface area contributed by atoms with Crippen molar-refractivity contribution in [3.63, 3.8) is 0 Å². The van der Waals surface area contributed by atoms with Crippen LogP contribution in [0.1, 0.15) is 30.4 Å². The van der Waals surface area contributed by atoms with Gasteiger partial charge in [0.1, 0.15) is 17.6 Å². The molecule has 1 atom stereocenters. The molecule has 1 unspecified atom stereocenters. The van der Waals surface area contributed by atoms with Crippen molar-refractivity contribution in [1.82, 2.24) is 24.5 Å². The van der Waals surface area contributed by atoms with Crippen LogP contribution in [0.3, 0.4) is 0 Å². The fourth-order valence-corrected chi connectivity index (χ4v) is 5.95. The summed E-state index contributed by atoms with van der Waals surface area (Å²) in [5.74, 6) is 0.137. The molecule has 1 aliphatic rings. The summed E-state index contributed by atoms with van der Waals surface area (Å²) in [4.78, 5) is 16.7. The minimum absolute atomic E-state index is 0.137. The number of benzene rings is 2. The maximum absolute atomic E-state index is 13.7. The molecule has 0 spiro atoms. The summed E-state index contributed by atoms with van der Waals surface area (Å²) in [6, 6.07) is 16.5. The molecular weight excluding hydrogens is 436 g/mol. The van der Waals surface area contributed by atoms with Gasteiger partial charge in [0, 0.05) is 40.0 Å². The van der Waals surface area contributed by atoms with Gasteiger partial charge in [-0.2, -0.15) is 0 Å². The Labute approximate surface area is 196 Å². The normalized spacial score (nSPS) is 14.8. The van der Waals surface area contributed by atoms with Crippen molar-refractivity contribution in [2.45, 2.75) is 37.1 Å². The van der Waals surface area contributed by atoms with Gasteiger partial charge in [0.2, 0.25) is 5.91 Å². The molecule has 0 radical (unpaired) electrons. The number of hydrogen-bond donors (Lipinski definition) is 0. The van der Waals surface area contributed by atoms with Crippen molar-refractivity contribution in [3.05, 3.63) is 66.0 Å². The number of thioether (sulfide) groups is 1. The van der Waals surface area contributed by atoms with Gasteiger partial charge < -0.3 is 9.47 Å². The number of amides is 1. The number of carbonyl (C=O) groups excluding carboxylic acids is 1. The lowest BCUT2D eigenvalue weighted by Crippen LogP contribution is -2.34. The van der Waals surface area contributed by atoms with Gasteiger partial charge in [-0.1, -0.05) is 41.6 Å². The Morgan fingerprint density at radius 3 is 2.67 bits per heavy atom. The Morgan fingerprint density at radius 2 is 1.88 bits per heavy atom. The number of para-hydroxylation sites is 1. The zero-order chi connectivity index (χ0) is 22.9. The molecule has 8 heteroatoms. The van der Waals surface area contributed by atoms with Crippen LogP contribution in [0, 0.1) is 0 Å². The molecule has 2 aromatic heterocycles. The summed E-state index contributed by atoms with van der Waals surface area (Å²) in [5, 5.41) is 9.10. The van der Waals surface area contributed by atoms with Crippen molar-refractivity contribution in [1.29, 1.82) is 0 Å². The Bertz CT molecular complexity index is 1310. The van der Waals surface area contributed by atoms with Crippen molar-refractivity contribution >= 4 is 28.6 Å². The molecule has 0 aliphatic carbocycles. The lowest BCUT2D eigenvalue weighted by atomic mass is 10.0. The highest BCUT2D eigenvalue weighted by molar-refractivity contribution is 8.00. The van der Waals surface area contributed by atoms with Crippen molar-refractivity contribution in [3.8, 4) is 11.3 Å². The summed E-state index contributed by atoms with van der Waals surface area (Å²) in [6.07, 6.45) is 1.79. The molecule has 0 bridgehead atoms. The van der Waals surface area contributed by atoms with E-state index >= 15 is 0 Å². The number of alkyl halides is 1. The first-order valence-electron chi connectivity index (χ1n) is 11.3. The third-order valence-electron chi connectivity index (χ3n) is 6.18. The standard InChI is InChI=1S/C25H26FN5OS/c1-3-29(4-2)25(32)24-22-18-9-5-7-11-20(18)31(16-17-15-30(14-13-26)28-27-17)23(22)19-10-6-8-12-21(19)33-24/h5-12,15,24H,3-4,13-14,16H2,1-2H3/i26-1. The summed E-state index contributed by atoms with van der Waals surface area (Å²) in [5.41, 5.74) is 5.04. The maximum Gasteiger partial charge on any atom is 0.240 e. The second-order valence-electron chi connectivity index (χ2n) is 8.03. The van der Waals surface area contributed by atoms with Crippen LogP contribution >= 0.6 is 11.8 Å². The van der Waals surface area contributed by atoms with E-state index in [1.165, 1.54) is 4.68 Å². The lowest BCUT2D eigenvalue weighted by Gasteiger charge is -2.29. The molecule has 0 N–H and O–H groups in total. The van der Waals surface area contributed by atoms with Crippen LogP contribution in [0.2, 0.25) is 0 Å². The van der Waals surface area contributed by atoms with Crippen LogP contribution < -0.4 is 0 Å². The van der Waals surface area contributed by atoms with E-state index in [9.17, 15) is 9.18 Å². The number of halogens is 1. The highest BCUT2D eigenvalue weighted by atomic mass is 32.2. The first-order valence-corrected chi connectivity index (χ1v) is 12.1. The van der Waals surface area contributed by atoms with Gasteiger partial charge in [-0.05, 0) is 26.0 Å². The maximum atomic E-state index is 13.7. The van der Waals surface area contributed by atoms with Crippen molar-refractivity contribution < 1.29 is 9.18 Å². The van der Waals surface area contributed by atoms with Crippen LogP contribution in [0.5, 0.6) is 0 Å². The van der Waals surface area contributed by atoms with Gasteiger partial charge >= 0.3 is 0 Å². The second kappa shape index (κ2) is 9.02. The molecule has 4 aromatic rings. The van der Waals surface area contributed by atoms with Gasteiger partial charge in [-0.3, -0.25) is 4.79 Å². The molecular formula is C25H26FN5OS. The van der Waals surface area contributed by atoms with Gasteiger partial charge in [0.15, 0.2) is 0 Å². The topological polar surface area (TPSA) is 56.0 Å². The fraction of sp³-hybridized carbons (Fsp3) is 0.320. The summed E-state index contributed by atoms with van der Waals surface area (Å²) < 4.78 is 16.5. The highest BCUT2D eigenvalue weighted by Crippen LogP contribution is 2.53. The Hall–Kier alpha value is -3.13. The van der Waals surface area contributed by atoms with E-state index in [0.29, 0.717) is 19.6 Å². The van der Waals surface area contributed by atoms with Gasteiger partial charge in [-0.15, -0.1) is 16.9 Å². The van der Waals surface area contributed by atoms with Crippen LogP contribution in [-0.4, -0.2) is 50.1 Å². The molecule has 0 saturated carbocycles. The molecule has 0 saturated heterocycles. The van der Waals surface area contributed by atoms with E-state index in [1.54, 1.807) is 18.0 Å². The van der Waals surface area contributed by atoms with E-state index in [2.05, 4.69) is 39.1 Å². The van der Waals surface area contributed by atoms with Crippen LogP contribution in [0.4, 0.5) is 4.39 Å². The molecule has 1 aliphatic heterocycles. The molecule has 33 heavy (non-hydrogen) atoms. The first kappa shape index (κ1) is 21.7. The fourth-order valence-electron chi connectivity index (χ4n) is 4.65. The number of aryl methyl sites for hydroxylation is 1. The zero-order valence-corrected chi connectivity index (χ0v) is 19.6. The minimum Gasteiger partial charge on any atom is -0.342 e. The molecule has 1 amide bonds. The number of aromatic nitrogens is 4. The van der Waals surface area contributed by atoms with Crippen molar-refractivity contribution in [2.75, 3.05) is 19.8 Å². The molecule has 2 aromatic carbocycles. The smallest absolute Gasteiger partial charge is 0.240 e. The van der Waals surface area contributed by atoms with E-state index in [1.807, 2.05) is 43.0 Å². The van der Waals surface area contributed by atoms with Gasteiger partial charge in [0.05, 0.1) is 25.0 Å².